The third-order valence-electron chi connectivity index (χ3n) is 5.51. The van der Waals surface area contributed by atoms with Crippen LogP contribution in [-0.4, -0.2) is 58.6 Å². The van der Waals surface area contributed by atoms with Gasteiger partial charge in [0.25, 0.3) is 5.91 Å². The van der Waals surface area contributed by atoms with Crippen molar-refractivity contribution in [3.63, 3.8) is 0 Å². The van der Waals surface area contributed by atoms with Gasteiger partial charge in [0, 0.05) is 26.2 Å². The first kappa shape index (κ1) is 17.4. The number of para-hydroxylation sites is 1. The van der Waals surface area contributed by atoms with Gasteiger partial charge in [0.2, 0.25) is 0 Å². The molecule has 1 amide bonds. The lowest BCUT2D eigenvalue weighted by atomic mass is 10.2. The van der Waals surface area contributed by atoms with E-state index in [1.165, 1.54) is 16.4 Å². The Bertz CT molecular complexity index is 754. The van der Waals surface area contributed by atoms with Crippen LogP contribution in [0.15, 0.2) is 30.3 Å². The topological polar surface area (TPSA) is 58.6 Å². The number of hydrogen-bond donors (Lipinski definition) is 0. The van der Waals surface area contributed by atoms with E-state index in [-0.39, 0.29) is 12.5 Å². The average molecular weight is 372 g/mol. The Labute approximate surface area is 157 Å². The average Bonchev–Trinajstić information content (AvgIpc) is 2.99. The van der Waals surface area contributed by atoms with Gasteiger partial charge in [-0.15, -0.1) is 5.10 Å². The molecule has 0 bridgehead atoms. The zero-order valence-corrected chi connectivity index (χ0v) is 16.0. The summed E-state index contributed by atoms with van der Waals surface area (Å²) in [4.78, 5) is 17.9. The molecule has 1 saturated carbocycles. The summed E-state index contributed by atoms with van der Waals surface area (Å²) in [6.45, 7) is 5.88. The van der Waals surface area contributed by atoms with E-state index in [9.17, 15) is 4.79 Å². The molecular weight excluding hydrogens is 348 g/mol. The molecule has 0 N–H and O–H groups in total. The number of amides is 1. The number of nitrogens with zero attached hydrogens (tertiary/aromatic N) is 4. The van der Waals surface area contributed by atoms with E-state index in [2.05, 4.69) is 21.5 Å². The lowest BCUT2D eigenvalue weighted by Gasteiger charge is -2.22. The quantitative estimate of drug-likeness (QED) is 0.745. The number of aryl methyl sites for hydroxylation is 1. The van der Waals surface area contributed by atoms with E-state index in [1.807, 2.05) is 42.2 Å². The summed E-state index contributed by atoms with van der Waals surface area (Å²) in [6, 6.07) is 9.51. The molecule has 1 unspecified atom stereocenters. The van der Waals surface area contributed by atoms with Crippen molar-refractivity contribution in [2.24, 2.45) is 17.8 Å². The number of likely N-dealkylation sites (tertiary alicyclic amines) is 1. The van der Waals surface area contributed by atoms with E-state index >= 15 is 0 Å². The minimum Gasteiger partial charge on any atom is -0.484 e. The van der Waals surface area contributed by atoms with Crippen molar-refractivity contribution in [3.8, 4) is 5.75 Å². The molecule has 138 valence electrons. The van der Waals surface area contributed by atoms with Crippen LogP contribution in [0.1, 0.15) is 10.6 Å². The number of rotatable bonds is 7. The number of carbonyl (C=O) groups excluding carboxylic acids is 1. The van der Waals surface area contributed by atoms with Crippen LogP contribution in [-0.2, 0) is 11.3 Å². The van der Waals surface area contributed by atoms with Crippen LogP contribution >= 0.6 is 11.5 Å². The highest BCUT2D eigenvalue weighted by molar-refractivity contribution is 7.05. The lowest BCUT2D eigenvalue weighted by Crippen LogP contribution is -2.36. The Balaban J connectivity index is 1.20. The first-order valence-corrected chi connectivity index (χ1v) is 9.81. The Morgan fingerprint density at radius 2 is 2.04 bits per heavy atom. The Morgan fingerprint density at radius 3 is 2.69 bits per heavy atom. The second kappa shape index (κ2) is 7.32. The van der Waals surface area contributed by atoms with Gasteiger partial charge in [-0.1, -0.05) is 22.7 Å². The third kappa shape index (κ3) is 3.73. The van der Waals surface area contributed by atoms with Gasteiger partial charge in [-0.3, -0.25) is 4.79 Å². The monoisotopic (exact) mass is 372 g/mol. The molecule has 1 aromatic carbocycles. The summed E-state index contributed by atoms with van der Waals surface area (Å²) < 4.78 is 9.59. The number of aromatic nitrogens is 2. The van der Waals surface area contributed by atoms with E-state index in [1.54, 1.807) is 0 Å². The Kier molecular flexibility index (Phi) is 4.91. The molecule has 3 atom stereocenters. The molecule has 2 fully saturated rings. The van der Waals surface area contributed by atoms with E-state index in [0.29, 0.717) is 17.8 Å². The van der Waals surface area contributed by atoms with Crippen molar-refractivity contribution >= 4 is 17.4 Å². The van der Waals surface area contributed by atoms with Gasteiger partial charge in [-0.25, -0.2) is 0 Å². The molecule has 6 nitrogen and oxygen atoms in total. The van der Waals surface area contributed by atoms with Crippen LogP contribution in [0.5, 0.6) is 5.75 Å². The molecule has 4 rings (SSSR count). The molecule has 0 spiro atoms. The van der Waals surface area contributed by atoms with E-state index in [0.717, 1.165) is 37.6 Å². The number of carbonyl (C=O) groups is 1. The number of ether oxygens (including phenoxy) is 1. The lowest BCUT2D eigenvalue weighted by molar-refractivity contribution is -0.133. The van der Waals surface area contributed by atoms with Crippen LogP contribution in [0.3, 0.4) is 0 Å². The molecule has 2 heterocycles. The van der Waals surface area contributed by atoms with E-state index < -0.39 is 0 Å². The molecule has 0 radical (unpaired) electrons. The molecular formula is C19H24N4O2S. The van der Waals surface area contributed by atoms with Crippen LogP contribution in [0.4, 0.5) is 0 Å². The summed E-state index contributed by atoms with van der Waals surface area (Å²) in [5.41, 5.74) is 1.04. The molecule has 7 heteroatoms. The summed E-state index contributed by atoms with van der Waals surface area (Å²) >= 11 is 1.49. The predicted molar refractivity (Wildman–Crippen MR) is 100.0 cm³/mol. The van der Waals surface area contributed by atoms with Crippen molar-refractivity contribution in [2.75, 3.05) is 33.3 Å². The highest BCUT2D eigenvalue weighted by Gasteiger charge is 2.56. The summed E-state index contributed by atoms with van der Waals surface area (Å²) in [6.07, 6.45) is 0. The van der Waals surface area contributed by atoms with Crippen LogP contribution in [0.2, 0.25) is 0 Å². The standard InChI is InChI=1S/C19H24N4O2S/c1-13-18(26-21-20-13)11-22(2)8-15-16-9-23(10-17(15)16)19(24)12-25-14-6-4-3-5-7-14/h3-7,15-17H,8-12H2,1-2H3/t15?,16-,17+. The van der Waals surface area contributed by atoms with Gasteiger partial charge in [0.15, 0.2) is 6.61 Å². The number of piperidine rings is 1. The van der Waals surface area contributed by atoms with Crippen LogP contribution < -0.4 is 4.74 Å². The zero-order valence-electron chi connectivity index (χ0n) is 15.2. The summed E-state index contributed by atoms with van der Waals surface area (Å²) in [5.74, 6) is 2.86. The first-order valence-electron chi connectivity index (χ1n) is 9.04. The van der Waals surface area contributed by atoms with Gasteiger partial charge in [-0.2, -0.15) is 0 Å². The minimum absolute atomic E-state index is 0.0968. The molecule has 1 aromatic heterocycles. The van der Waals surface area contributed by atoms with Crippen molar-refractivity contribution in [2.45, 2.75) is 13.5 Å². The highest BCUT2D eigenvalue weighted by atomic mass is 32.1. The largest absolute Gasteiger partial charge is 0.484 e. The minimum atomic E-state index is 0.0968. The van der Waals surface area contributed by atoms with Crippen molar-refractivity contribution < 1.29 is 9.53 Å². The maximum atomic E-state index is 12.3. The Hall–Kier alpha value is -1.99. The SMILES string of the molecule is Cc1nnsc1CN(C)CC1[C@H]2CN(C(=O)COc3ccccc3)C[C@@H]12. The second-order valence-electron chi connectivity index (χ2n) is 7.37. The smallest absolute Gasteiger partial charge is 0.260 e. The van der Waals surface area contributed by atoms with Crippen molar-refractivity contribution in [1.29, 1.82) is 0 Å². The number of benzene rings is 1. The number of hydrogen-bond acceptors (Lipinski definition) is 6. The zero-order chi connectivity index (χ0) is 18.1. The highest BCUT2D eigenvalue weighted by Crippen LogP contribution is 2.52. The maximum absolute atomic E-state index is 12.3. The van der Waals surface area contributed by atoms with Gasteiger partial charge in [0.1, 0.15) is 5.75 Å². The van der Waals surface area contributed by atoms with Crippen LogP contribution in [0.25, 0.3) is 0 Å². The summed E-state index contributed by atoms with van der Waals surface area (Å²) in [7, 11) is 2.16. The molecule has 26 heavy (non-hydrogen) atoms. The maximum Gasteiger partial charge on any atom is 0.260 e. The summed E-state index contributed by atoms with van der Waals surface area (Å²) in [5, 5.41) is 4.08. The fourth-order valence-corrected chi connectivity index (χ4v) is 4.66. The van der Waals surface area contributed by atoms with Gasteiger partial charge >= 0.3 is 0 Å². The van der Waals surface area contributed by atoms with Crippen LogP contribution in [0, 0.1) is 24.7 Å². The van der Waals surface area contributed by atoms with E-state index in [4.69, 9.17) is 4.74 Å². The van der Waals surface area contributed by atoms with Gasteiger partial charge < -0.3 is 14.5 Å². The molecule has 1 aliphatic heterocycles. The fraction of sp³-hybridized carbons (Fsp3) is 0.526. The van der Waals surface area contributed by atoms with Crippen molar-refractivity contribution in [1.82, 2.24) is 19.4 Å². The fourth-order valence-electron chi connectivity index (χ4n) is 3.94. The van der Waals surface area contributed by atoms with Crippen molar-refractivity contribution in [3.05, 3.63) is 40.9 Å². The normalized spacial score (nSPS) is 24.0. The van der Waals surface area contributed by atoms with Gasteiger partial charge in [-0.05, 0) is 55.4 Å². The molecule has 1 aliphatic carbocycles. The van der Waals surface area contributed by atoms with Gasteiger partial charge in [0.05, 0.1) is 10.6 Å². The molecule has 2 aromatic rings. The second-order valence-corrected chi connectivity index (χ2v) is 8.21. The first-order chi connectivity index (χ1) is 12.6. The Morgan fingerprint density at radius 1 is 1.31 bits per heavy atom. The number of fused-ring (bicyclic) bond motifs is 1. The molecule has 2 aliphatic rings. The predicted octanol–water partition coefficient (Wildman–Crippen LogP) is 2.06. The third-order valence-corrected chi connectivity index (χ3v) is 6.32. The molecule has 1 saturated heterocycles.